The molecule has 1 unspecified atom stereocenters. The second-order valence-electron chi connectivity index (χ2n) is 7.74. The highest BCUT2D eigenvalue weighted by atomic mass is 35.5. The zero-order chi connectivity index (χ0) is 18.2. The average molecular weight is 378 g/mol. The molecule has 26 heavy (non-hydrogen) atoms. The quantitative estimate of drug-likeness (QED) is 0.891. The molecule has 2 N–H and O–H groups in total. The largest absolute Gasteiger partial charge is 0.342 e. The lowest BCUT2D eigenvalue weighted by Gasteiger charge is -2.42. The van der Waals surface area contributed by atoms with Gasteiger partial charge < -0.3 is 10.6 Å². The lowest BCUT2D eigenvalue weighted by molar-refractivity contribution is -0.133. The molecule has 0 saturated carbocycles. The second kappa shape index (κ2) is 7.76. The number of nitrogens with two attached hydrogens (primary N) is 1. The number of hydrogen-bond acceptors (Lipinski definition) is 4. The van der Waals surface area contributed by atoms with Gasteiger partial charge in [0, 0.05) is 19.1 Å². The fourth-order valence-corrected chi connectivity index (χ4v) is 3.30. The minimum absolute atomic E-state index is 0. The predicted molar refractivity (Wildman–Crippen MR) is 105 cm³/mol. The van der Waals surface area contributed by atoms with Crippen molar-refractivity contribution in [3.63, 3.8) is 0 Å². The molecule has 1 aromatic carbocycles. The smallest absolute Gasteiger partial charge is 0.228 e. The van der Waals surface area contributed by atoms with Crippen molar-refractivity contribution in [2.45, 2.75) is 46.6 Å². The van der Waals surface area contributed by atoms with Gasteiger partial charge in [0.2, 0.25) is 5.91 Å². The molecule has 2 heterocycles. The second-order valence-corrected chi connectivity index (χ2v) is 7.74. The number of nitrogens with zero attached hydrogens (tertiary/aromatic N) is 4. The molecule has 7 heteroatoms. The van der Waals surface area contributed by atoms with Crippen molar-refractivity contribution in [3.8, 4) is 5.69 Å². The van der Waals surface area contributed by atoms with Gasteiger partial charge in [-0.05, 0) is 37.8 Å². The molecule has 3 rings (SSSR count). The van der Waals surface area contributed by atoms with Crippen molar-refractivity contribution in [1.29, 1.82) is 0 Å². The van der Waals surface area contributed by atoms with E-state index in [0.29, 0.717) is 13.1 Å². The highest BCUT2D eigenvalue weighted by Gasteiger charge is 2.35. The van der Waals surface area contributed by atoms with Crippen LogP contribution in [0.25, 0.3) is 5.69 Å². The summed E-state index contributed by atoms with van der Waals surface area (Å²) in [6.45, 7) is 9.66. The third-order valence-electron chi connectivity index (χ3n) is 5.25. The highest BCUT2D eigenvalue weighted by Crippen LogP contribution is 2.28. The Balaban J connectivity index is 0.00000243. The molecule has 0 aliphatic carbocycles. The van der Waals surface area contributed by atoms with Gasteiger partial charge in [-0.15, -0.1) is 17.5 Å². The number of hydrogen-bond donors (Lipinski definition) is 1. The van der Waals surface area contributed by atoms with Crippen LogP contribution in [0.15, 0.2) is 24.3 Å². The van der Waals surface area contributed by atoms with E-state index < -0.39 is 0 Å². The van der Waals surface area contributed by atoms with Gasteiger partial charge in [-0.3, -0.25) is 4.79 Å². The van der Waals surface area contributed by atoms with Crippen LogP contribution in [-0.4, -0.2) is 44.9 Å². The van der Waals surface area contributed by atoms with Crippen molar-refractivity contribution < 1.29 is 4.79 Å². The molecule has 142 valence electrons. The molecule has 1 atom stereocenters. The number of carbonyl (C=O) groups excluding carboxylic acids is 1. The van der Waals surface area contributed by atoms with Crippen molar-refractivity contribution in [1.82, 2.24) is 19.9 Å². The molecule has 1 aliphatic heterocycles. The Kier molecular flexibility index (Phi) is 6.09. The first-order valence-electron chi connectivity index (χ1n) is 8.79. The minimum atomic E-state index is -0.0531. The van der Waals surface area contributed by atoms with Crippen LogP contribution in [0.1, 0.15) is 37.2 Å². The van der Waals surface area contributed by atoms with Crippen LogP contribution in [-0.2, 0) is 11.2 Å². The Morgan fingerprint density at radius 2 is 1.92 bits per heavy atom. The summed E-state index contributed by atoms with van der Waals surface area (Å²) in [6.07, 6.45) is 1.12. The van der Waals surface area contributed by atoms with E-state index >= 15 is 0 Å². The normalized spacial score (nSPS) is 19.1. The van der Waals surface area contributed by atoms with E-state index in [1.54, 1.807) is 4.68 Å². The molecule has 1 saturated heterocycles. The molecular weight excluding hydrogens is 350 g/mol. The van der Waals surface area contributed by atoms with Crippen LogP contribution < -0.4 is 5.73 Å². The molecule has 0 bridgehead atoms. The summed E-state index contributed by atoms with van der Waals surface area (Å²) in [5.74, 6) is 0.0963. The molecule has 1 amide bonds. The SMILES string of the molecule is Cc1ccc(-n2nnc(CC(=O)N3CCC(N)C(C)(C)C3)c2C)cc1.Cl. The van der Waals surface area contributed by atoms with E-state index in [9.17, 15) is 4.79 Å². The number of amides is 1. The lowest BCUT2D eigenvalue weighted by Crippen LogP contribution is -2.54. The van der Waals surface area contributed by atoms with E-state index in [1.807, 2.05) is 43.0 Å². The summed E-state index contributed by atoms with van der Waals surface area (Å²) in [5, 5.41) is 8.47. The van der Waals surface area contributed by atoms with Gasteiger partial charge in [0.1, 0.15) is 0 Å². The third-order valence-corrected chi connectivity index (χ3v) is 5.25. The number of piperidine rings is 1. The summed E-state index contributed by atoms with van der Waals surface area (Å²) in [4.78, 5) is 14.6. The maximum Gasteiger partial charge on any atom is 0.228 e. The molecular formula is C19H28ClN5O. The first-order chi connectivity index (χ1) is 11.8. The highest BCUT2D eigenvalue weighted by molar-refractivity contribution is 5.85. The molecule has 2 aromatic rings. The van der Waals surface area contributed by atoms with Crippen molar-refractivity contribution in [3.05, 3.63) is 41.2 Å². The van der Waals surface area contributed by atoms with Crippen LogP contribution in [0, 0.1) is 19.3 Å². The predicted octanol–water partition coefficient (Wildman–Crippen LogP) is 2.43. The first-order valence-corrected chi connectivity index (χ1v) is 8.79. The topological polar surface area (TPSA) is 77.0 Å². The maximum atomic E-state index is 12.7. The van der Waals surface area contributed by atoms with E-state index in [0.717, 1.165) is 23.5 Å². The van der Waals surface area contributed by atoms with Crippen LogP contribution in [0.2, 0.25) is 0 Å². The molecule has 1 fully saturated rings. The van der Waals surface area contributed by atoms with Gasteiger partial charge in [-0.2, -0.15) is 0 Å². The molecule has 0 spiro atoms. The minimum Gasteiger partial charge on any atom is -0.342 e. The first kappa shape index (κ1) is 20.4. The maximum absolute atomic E-state index is 12.7. The monoisotopic (exact) mass is 377 g/mol. The van der Waals surface area contributed by atoms with Crippen molar-refractivity contribution in [2.24, 2.45) is 11.1 Å². The van der Waals surface area contributed by atoms with Crippen molar-refractivity contribution in [2.75, 3.05) is 13.1 Å². The van der Waals surface area contributed by atoms with Crippen LogP contribution in [0.5, 0.6) is 0 Å². The Hall–Kier alpha value is -1.92. The number of rotatable bonds is 3. The summed E-state index contributed by atoms with van der Waals surface area (Å²) < 4.78 is 1.79. The number of halogens is 1. The van der Waals surface area contributed by atoms with E-state index in [4.69, 9.17) is 5.73 Å². The molecule has 1 aromatic heterocycles. The van der Waals surface area contributed by atoms with E-state index in [-0.39, 0.29) is 36.2 Å². The van der Waals surface area contributed by atoms with Crippen LogP contribution in [0.3, 0.4) is 0 Å². The number of benzene rings is 1. The molecule has 0 radical (unpaired) electrons. The van der Waals surface area contributed by atoms with Gasteiger partial charge in [-0.1, -0.05) is 36.8 Å². The molecule has 6 nitrogen and oxygen atoms in total. The lowest BCUT2D eigenvalue weighted by atomic mass is 9.79. The Labute approximate surface area is 161 Å². The van der Waals surface area contributed by atoms with Gasteiger partial charge in [-0.25, -0.2) is 4.68 Å². The third kappa shape index (κ3) is 4.07. The van der Waals surface area contributed by atoms with Crippen LogP contribution in [0.4, 0.5) is 0 Å². The zero-order valence-corrected chi connectivity index (χ0v) is 16.7. The number of carbonyl (C=O) groups is 1. The van der Waals surface area contributed by atoms with Gasteiger partial charge >= 0.3 is 0 Å². The fraction of sp³-hybridized carbons (Fsp3) is 0.526. The van der Waals surface area contributed by atoms with E-state index in [2.05, 4.69) is 24.2 Å². The number of likely N-dealkylation sites (tertiary alicyclic amines) is 1. The van der Waals surface area contributed by atoms with Gasteiger partial charge in [0.15, 0.2) is 0 Å². The zero-order valence-electron chi connectivity index (χ0n) is 15.9. The van der Waals surface area contributed by atoms with Crippen LogP contribution >= 0.6 is 12.4 Å². The van der Waals surface area contributed by atoms with E-state index in [1.165, 1.54) is 5.56 Å². The Bertz CT molecular complexity index is 769. The number of aryl methyl sites for hydroxylation is 1. The van der Waals surface area contributed by atoms with Crippen molar-refractivity contribution >= 4 is 18.3 Å². The summed E-state index contributed by atoms with van der Waals surface area (Å²) in [5.41, 5.74) is 9.91. The Morgan fingerprint density at radius 3 is 2.54 bits per heavy atom. The fourth-order valence-electron chi connectivity index (χ4n) is 3.30. The van der Waals surface area contributed by atoms with Gasteiger partial charge in [0.25, 0.3) is 0 Å². The summed E-state index contributed by atoms with van der Waals surface area (Å²) >= 11 is 0. The average Bonchev–Trinajstić information content (AvgIpc) is 2.91. The standard InChI is InChI=1S/C19H27N5O.ClH/c1-13-5-7-15(8-6-13)24-14(2)16(21-22-24)11-18(25)23-10-9-17(20)19(3,4)12-23;/h5-8,17H,9-12,20H2,1-4H3;1H. The number of aromatic nitrogens is 3. The Morgan fingerprint density at radius 1 is 1.27 bits per heavy atom. The van der Waals surface area contributed by atoms with Gasteiger partial charge in [0.05, 0.1) is 23.5 Å². The summed E-state index contributed by atoms with van der Waals surface area (Å²) in [7, 11) is 0. The summed E-state index contributed by atoms with van der Waals surface area (Å²) in [6, 6.07) is 8.25. The molecule has 1 aliphatic rings.